The lowest BCUT2D eigenvalue weighted by Gasteiger charge is -2.21. The average Bonchev–Trinajstić information content (AvgIpc) is 3.39. The molecular weight excluding hydrogens is 472 g/mol. The van der Waals surface area contributed by atoms with Crippen molar-refractivity contribution in [2.75, 3.05) is 5.73 Å². The summed E-state index contributed by atoms with van der Waals surface area (Å²) in [5.41, 5.74) is 6.80. The van der Waals surface area contributed by atoms with E-state index in [2.05, 4.69) is 25.5 Å². The molecule has 4 aromatic heterocycles. The molecule has 5 rings (SSSR count). The highest BCUT2D eigenvalue weighted by Gasteiger charge is 2.23. The van der Waals surface area contributed by atoms with Crippen LogP contribution in [0.2, 0.25) is 5.02 Å². The number of fused-ring (bicyclic) bond motifs is 2. The van der Waals surface area contributed by atoms with Crippen LogP contribution in [0.5, 0.6) is 0 Å². The first-order valence-electron chi connectivity index (χ1n) is 10.8. The van der Waals surface area contributed by atoms with Crippen LogP contribution in [0, 0.1) is 6.92 Å². The van der Waals surface area contributed by atoms with Gasteiger partial charge < -0.3 is 20.1 Å². The highest BCUT2D eigenvalue weighted by atomic mass is 35.5. The predicted octanol–water partition coefficient (Wildman–Crippen LogP) is 2.70. The molecule has 1 atom stereocenters. The number of hydrogen-bond donors (Lipinski definition) is 2. The summed E-state index contributed by atoms with van der Waals surface area (Å²) in [6.07, 6.45) is 3.54. The van der Waals surface area contributed by atoms with E-state index in [1.54, 1.807) is 55.1 Å². The number of aryl methyl sites for hydroxylation is 2. The van der Waals surface area contributed by atoms with Crippen molar-refractivity contribution in [3.05, 3.63) is 81.1 Å². The van der Waals surface area contributed by atoms with E-state index in [0.29, 0.717) is 45.3 Å². The largest absolute Gasteiger partial charge is 0.381 e. The van der Waals surface area contributed by atoms with Gasteiger partial charge in [-0.3, -0.25) is 9.59 Å². The van der Waals surface area contributed by atoms with Gasteiger partial charge in [0.2, 0.25) is 5.89 Å². The van der Waals surface area contributed by atoms with Crippen molar-refractivity contribution in [3.8, 4) is 0 Å². The van der Waals surface area contributed by atoms with Crippen LogP contribution in [0.3, 0.4) is 0 Å². The third-order valence-electron chi connectivity index (χ3n) is 5.68. The Labute approximate surface area is 203 Å². The minimum atomic E-state index is -0.568. The number of amides is 1. The first-order valence-corrected chi connectivity index (χ1v) is 11.2. The fourth-order valence-electron chi connectivity index (χ4n) is 4.08. The maximum atomic E-state index is 13.5. The lowest BCUT2D eigenvalue weighted by atomic mass is 10.1. The molecule has 3 N–H and O–H groups in total. The highest BCUT2D eigenvalue weighted by Crippen LogP contribution is 2.24. The van der Waals surface area contributed by atoms with Gasteiger partial charge in [0.25, 0.3) is 11.5 Å². The minimum absolute atomic E-state index is 0.0582. The van der Waals surface area contributed by atoms with E-state index in [1.165, 1.54) is 4.52 Å². The number of carbonyl (C=O) groups excluding carboxylic acids is 1. The lowest BCUT2D eigenvalue weighted by Crippen LogP contribution is -2.33. The Balaban J connectivity index is 1.54. The molecule has 0 fully saturated rings. The van der Waals surface area contributed by atoms with Crippen molar-refractivity contribution in [2.45, 2.75) is 32.9 Å². The molecule has 0 aliphatic rings. The van der Waals surface area contributed by atoms with Crippen molar-refractivity contribution in [1.29, 1.82) is 0 Å². The summed E-state index contributed by atoms with van der Waals surface area (Å²) in [7, 11) is 0. The van der Waals surface area contributed by atoms with E-state index >= 15 is 0 Å². The fraction of sp³-hybridized carbons (Fsp3) is 0.217. The SMILES string of the molecule is Cc1noc(CCn2c([C@H](C)NC(=O)c3c(N)nn4cccnc34)cc3cccc(Cl)c3c2=O)n1. The Morgan fingerprint density at radius 1 is 1.31 bits per heavy atom. The van der Waals surface area contributed by atoms with Gasteiger partial charge in [-0.05, 0) is 37.4 Å². The van der Waals surface area contributed by atoms with Gasteiger partial charge >= 0.3 is 0 Å². The van der Waals surface area contributed by atoms with Gasteiger partial charge in [0.05, 0.1) is 16.5 Å². The molecule has 0 aliphatic carbocycles. The lowest BCUT2D eigenvalue weighted by molar-refractivity contribution is 0.0940. The first-order chi connectivity index (χ1) is 16.8. The number of benzene rings is 1. The zero-order valence-electron chi connectivity index (χ0n) is 18.9. The number of hydrogen-bond acceptors (Lipinski definition) is 8. The van der Waals surface area contributed by atoms with Crippen LogP contribution in [-0.4, -0.2) is 35.2 Å². The number of anilines is 1. The summed E-state index contributed by atoms with van der Waals surface area (Å²) in [4.78, 5) is 35.1. The van der Waals surface area contributed by atoms with Crippen LogP contribution in [0.25, 0.3) is 16.4 Å². The molecule has 0 aliphatic heterocycles. The number of rotatable bonds is 6. The monoisotopic (exact) mass is 492 g/mol. The van der Waals surface area contributed by atoms with Crippen molar-refractivity contribution < 1.29 is 9.32 Å². The number of nitrogen functional groups attached to an aromatic ring is 1. The van der Waals surface area contributed by atoms with Gasteiger partial charge in [-0.25, -0.2) is 9.50 Å². The summed E-state index contributed by atoms with van der Waals surface area (Å²) >= 11 is 6.36. The van der Waals surface area contributed by atoms with Gasteiger partial charge in [-0.2, -0.15) is 4.98 Å². The Kier molecular flexibility index (Phi) is 5.69. The van der Waals surface area contributed by atoms with Crippen LogP contribution in [0.4, 0.5) is 5.82 Å². The van der Waals surface area contributed by atoms with Crippen molar-refractivity contribution >= 4 is 39.7 Å². The number of nitrogens with one attached hydrogen (secondary N) is 1. The summed E-state index contributed by atoms with van der Waals surface area (Å²) in [5.74, 6) is 0.514. The molecule has 5 aromatic rings. The van der Waals surface area contributed by atoms with Crippen LogP contribution >= 0.6 is 11.6 Å². The Morgan fingerprint density at radius 3 is 2.91 bits per heavy atom. The maximum Gasteiger partial charge on any atom is 0.260 e. The molecule has 35 heavy (non-hydrogen) atoms. The standard InChI is InChI=1S/C23H21ClN8O3/c1-12(27-22(33)19-20(25)29-32-9-4-8-26-21(19)32)16-11-14-5-3-6-15(24)18(14)23(34)31(16)10-7-17-28-13(2)30-35-17/h3-6,8-9,11-12H,7,10H2,1-2H3,(H2,25,29)(H,27,33)/t12-/m0/s1. The Bertz CT molecular complexity index is 1640. The number of pyridine rings is 1. The van der Waals surface area contributed by atoms with E-state index in [0.717, 1.165) is 0 Å². The summed E-state index contributed by atoms with van der Waals surface area (Å²) < 4.78 is 8.21. The molecule has 0 spiro atoms. The summed E-state index contributed by atoms with van der Waals surface area (Å²) in [6, 6.07) is 8.20. The number of halogens is 1. The third kappa shape index (κ3) is 4.10. The van der Waals surface area contributed by atoms with E-state index < -0.39 is 11.9 Å². The molecule has 0 bridgehead atoms. The first kappa shape index (κ1) is 22.5. The summed E-state index contributed by atoms with van der Waals surface area (Å²) in [6.45, 7) is 3.75. The number of aromatic nitrogens is 6. The van der Waals surface area contributed by atoms with Gasteiger partial charge in [0, 0.05) is 31.1 Å². The average molecular weight is 493 g/mol. The Morgan fingerprint density at radius 2 is 2.14 bits per heavy atom. The van der Waals surface area contributed by atoms with Gasteiger partial charge in [0.1, 0.15) is 5.56 Å². The molecule has 12 heteroatoms. The van der Waals surface area contributed by atoms with Crippen molar-refractivity contribution in [1.82, 2.24) is 34.6 Å². The second-order valence-electron chi connectivity index (χ2n) is 8.06. The topological polar surface area (TPSA) is 146 Å². The second-order valence-corrected chi connectivity index (χ2v) is 8.47. The predicted molar refractivity (Wildman–Crippen MR) is 129 cm³/mol. The second kappa shape index (κ2) is 8.84. The molecule has 11 nitrogen and oxygen atoms in total. The van der Waals surface area contributed by atoms with Crippen LogP contribution in [-0.2, 0) is 13.0 Å². The summed E-state index contributed by atoms with van der Waals surface area (Å²) in [5, 5.41) is 12.3. The number of nitrogens with zero attached hydrogens (tertiary/aromatic N) is 6. The molecule has 1 aromatic carbocycles. The molecule has 0 unspecified atom stereocenters. The zero-order valence-corrected chi connectivity index (χ0v) is 19.7. The Hall–Kier alpha value is -4.25. The van der Waals surface area contributed by atoms with E-state index in [9.17, 15) is 9.59 Å². The third-order valence-corrected chi connectivity index (χ3v) is 5.99. The molecule has 0 saturated carbocycles. The number of nitrogens with two attached hydrogens (primary N) is 1. The molecule has 1 amide bonds. The molecular formula is C23H21ClN8O3. The molecule has 0 saturated heterocycles. The maximum absolute atomic E-state index is 13.5. The quantitative estimate of drug-likeness (QED) is 0.368. The fourth-order valence-corrected chi connectivity index (χ4v) is 4.34. The van der Waals surface area contributed by atoms with E-state index in [4.69, 9.17) is 21.9 Å². The van der Waals surface area contributed by atoms with Crippen LogP contribution < -0.4 is 16.6 Å². The molecule has 4 heterocycles. The van der Waals surface area contributed by atoms with Crippen molar-refractivity contribution in [2.24, 2.45) is 0 Å². The van der Waals surface area contributed by atoms with Crippen LogP contribution in [0.15, 0.2) is 52.0 Å². The van der Waals surface area contributed by atoms with Crippen LogP contribution in [0.1, 0.15) is 40.7 Å². The van der Waals surface area contributed by atoms with Gasteiger partial charge in [-0.1, -0.05) is 28.9 Å². The van der Waals surface area contributed by atoms with Crippen molar-refractivity contribution in [3.63, 3.8) is 0 Å². The smallest absolute Gasteiger partial charge is 0.260 e. The normalized spacial score (nSPS) is 12.3. The van der Waals surface area contributed by atoms with E-state index in [1.807, 2.05) is 6.07 Å². The van der Waals surface area contributed by atoms with E-state index in [-0.39, 0.29) is 23.5 Å². The van der Waals surface area contributed by atoms with Gasteiger partial charge in [-0.15, -0.1) is 5.10 Å². The molecule has 178 valence electrons. The van der Waals surface area contributed by atoms with Gasteiger partial charge in [0.15, 0.2) is 17.3 Å². The number of carbonyl (C=O) groups is 1. The highest BCUT2D eigenvalue weighted by molar-refractivity contribution is 6.35. The minimum Gasteiger partial charge on any atom is -0.381 e. The zero-order chi connectivity index (χ0) is 24.7. The molecule has 0 radical (unpaired) electrons.